The van der Waals surface area contributed by atoms with Gasteiger partial charge in [-0.3, -0.25) is 14.7 Å². The molecule has 3 rings (SSSR count). The van der Waals surface area contributed by atoms with Crippen LogP contribution < -0.4 is 0 Å². The summed E-state index contributed by atoms with van der Waals surface area (Å²) >= 11 is 11.7. The summed E-state index contributed by atoms with van der Waals surface area (Å²) < 4.78 is 13.6. The first-order chi connectivity index (χ1) is 11.5. The third-order valence-corrected chi connectivity index (χ3v) is 4.61. The summed E-state index contributed by atoms with van der Waals surface area (Å²) in [6.07, 6.45) is 1.77. The zero-order valence-electron chi connectivity index (χ0n) is 12.9. The number of nitrogens with zero attached hydrogens (tertiary/aromatic N) is 3. The summed E-state index contributed by atoms with van der Waals surface area (Å²) in [5, 5.41) is 0.0824. The topological polar surface area (TPSA) is 36.4 Å². The highest BCUT2D eigenvalue weighted by molar-refractivity contribution is 6.36. The van der Waals surface area contributed by atoms with Crippen LogP contribution in [-0.4, -0.2) is 46.9 Å². The minimum atomic E-state index is -0.641. The Balaban J connectivity index is 1.62. The lowest BCUT2D eigenvalue weighted by Crippen LogP contribution is -2.48. The fourth-order valence-electron chi connectivity index (χ4n) is 2.69. The first kappa shape index (κ1) is 17.1. The predicted octanol–water partition coefficient (Wildman–Crippen LogP) is 3.49. The number of hydrogen-bond acceptors (Lipinski definition) is 3. The Hall–Kier alpha value is -1.69. The molecule has 0 aliphatic carbocycles. The monoisotopic (exact) mass is 367 g/mol. The average Bonchev–Trinajstić information content (AvgIpc) is 2.59. The van der Waals surface area contributed by atoms with Gasteiger partial charge < -0.3 is 4.90 Å². The highest BCUT2D eigenvalue weighted by Crippen LogP contribution is 2.25. The summed E-state index contributed by atoms with van der Waals surface area (Å²) in [7, 11) is 0. The van der Waals surface area contributed by atoms with Gasteiger partial charge in [0.05, 0.1) is 21.3 Å². The second-order valence-electron chi connectivity index (χ2n) is 5.64. The van der Waals surface area contributed by atoms with Gasteiger partial charge in [0.15, 0.2) is 0 Å². The van der Waals surface area contributed by atoms with Gasteiger partial charge in [-0.2, -0.15) is 0 Å². The summed E-state index contributed by atoms with van der Waals surface area (Å²) in [5.74, 6) is -0.911. The Morgan fingerprint density at radius 2 is 1.88 bits per heavy atom. The van der Waals surface area contributed by atoms with Gasteiger partial charge in [-0.1, -0.05) is 29.3 Å². The molecule has 1 fully saturated rings. The Kier molecular flexibility index (Phi) is 5.33. The quantitative estimate of drug-likeness (QED) is 0.779. The number of carbonyl (C=O) groups excluding carboxylic acids is 1. The van der Waals surface area contributed by atoms with E-state index in [2.05, 4.69) is 9.88 Å². The number of piperazine rings is 1. The van der Waals surface area contributed by atoms with E-state index in [1.54, 1.807) is 11.1 Å². The maximum Gasteiger partial charge on any atom is 0.255 e. The zero-order valence-corrected chi connectivity index (χ0v) is 14.4. The molecule has 126 valence electrons. The average molecular weight is 368 g/mol. The number of rotatable bonds is 3. The fourth-order valence-corrected chi connectivity index (χ4v) is 3.15. The molecule has 1 aromatic heterocycles. The minimum absolute atomic E-state index is 0.0864. The molecule has 0 radical (unpaired) electrons. The smallest absolute Gasteiger partial charge is 0.255 e. The molecule has 1 saturated heterocycles. The fraction of sp³-hybridized carbons (Fsp3) is 0.294. The maximum absolute atomic E-state index is 13.6. The first-order valence-electron chi connectivity index (χ1n) is 7.60. The lowest BCUT2D eigenvalue weighted by molar-refractivity contribution is 0.0627. The van der Waals surface area contributed by atoms with Gasteiger partial charge in [0.2, 0.25) is 0 Å². The van der Waals surface area contributed by atoms with Gasteiger partial charge in [-0.15, -0.1) is 0 Å². The van der Waals surface area contributed by atoms with Crippen molar-refractivity contribution in [2.24, 2.45) is 0 Å². The Morgan fingerprint density at radius 1 is 1.12 bits per heavy atom. The van der Waals surface area contributed by atoms with Gasteiger partial charge in [-0.25, -0.2) is 4.39 Å². The molecule has 0 spiro atoms. The van der Waals surface area contributed by atoms with Gasteiger partial charge in [0, 0.05) is 38.9 Å². The van der Waals surface area contributed by atoms with Crippen molar-refractivity contribution in [3.05, 3.63) is 63.6 Å². The summed E-state index contributed by atoms with van der Waals surface area (Å²) in [4.78, 5) is 20.8. The van der Waals surface area contributed by atoms with Gasteiger partial charge in [0.25, 0.3) is 5.91 Å². The minimum Gasteiger partial charge on any atom is -0.336 e. The molecule has 1 aromatic carbocycles. The van der Waals surface area contributed by atoms with E-state index in [4.69, 9.17) is 23.2 Å². The van der Waals surface area contributed by atoms with Crippen LogP contribution in [0.3, 0.4) is 0 Å². The van der Waals surface area contributed by atoms with Crippen molar-refractivity contribution in [1.82, 2.24) is 14.8 Å². The van der Waals surface area contributed by atoms with Crippen molar-refractivity contribution in [3.8, 4) is 0 Å². The molecule has 0 N–H and O–H groups in total. The lowest BCUT2D eigenvalue weighted by Gasteiger charge is -2.34. The molecule has 2 aromatic rings. The highest BCUT2D eigenvalue weighted by atomic mass is 35.5. The van der Waals surface area contributed by atoms with E-state index >= 15 is 0 Å². The number of amides is 1. The summed E-state index contributed by atoms with van der Waals surface area (Å²) in [6, 6.07) is 8.19. The van der Waals surface area contributed by atoms with Crippen LogP contribution in [0.1, 0.15) is 16.1 Å². The first-order valence-corrected chi connectivity index (χ1v) is 8.36. The van der Waals surface area contributed by atoms with E-state index in [0.29, 0.717) is 13.1 Å². The number of pyridine rings is 1. The van der Waals surface area contributed by atoms with Crippen LogP contribution in [-0.2, 0) is 6.54 Å². The normalized spacial score (nSPS) is 15.5. The number of hydrogen-bond donors (Lipinski definition) is 0. The van der Waals surface area contributed by atoms with E-state index in [-0.39, 0.29) is 21.5 Å². The molecule has 24 heavy (non-hydrogen) atoms. The SMILES string of the molecule is O=C(c1cc(F)c(Cl)cc1Cl)N1CCN(Cc2ccccn2)CC1. The Bertz CT molecular complexity index is 734. The molecule has 0 atom stereocenters. The number of carbonyl (C=O) groups is 1. The van der Waals surface area contributed by atoms with E-state index in [9.17, 15) is 9.18 Å². The number of aromatic nitrogens is 1. The standard InChI is InChI=1S/C17H16Cl2FN3O/c18-14-10-15(19)16(20)9-13(14)17(24)23-7-5-22(6-8-23)11-12-3-1-2-4-21-12/h1-4,9-10H,5-8,11H2. The van der Waals surface area contributed by atoms with E-state index < -0.39 is 5.82 Å². The van der Waals surface area contributed by atoms with Crippen LogP contribution in [0.5, 0.6) is 0 Å². The van der Waals surface area contributed by atoms with E-state index in [1.165, 1.54) is 6.07 Å². The number of benzene rings is 1. The van der Waals surface area contributed by atoms with Crippen LogP contribution >= 0.6 is 23.2 Å². The molecule has 1 aliphatic heterocycles. The van der Waals surface area contributed by atoms with E-state index in [0.717, 1.165) is 31.4 Å². The number of halogens is 3. The van der Waals surface area contributed by atoms with Gasteiger partial charge >= 0.3 is 0 Å². The molecular weight excluding hydrogens is 352 g/mol. The maximum atomic E-state index is 13.6. The van der Waals surface area contributed by atoms with Crippen LogP contribution in [0, 0.1) is 5.82 Å². The Labute approximate surface area is 149 Å². The second-order valence-corrected chi connectivity index (χ2v) is 6.45. The molecule has 4 nitrogen and oxygen atoms in total. The van der Waals surface area contributed by atoms with Crippen molar-refractivity contribution in [2.75, 3.05) is 26.2 Å². The highest BCUT2D eigenvalue weighted by Gasteiger charge is 2.24. The molecule has 0 bridgehead atoms. The largest absolute Gasteiger partial charge is 0.336 e. The molecule has 7 heteroatoms. The second kappa shape index (κ2) is 7.47. The zero-order chi connectivity index (χ0) is 17.1. The predicted molar refractivity (Wildman–Crippen MR) is 91.8 cm³/mol. The molecule has 1 amide bonds. The van der Waals surface area contributed by atoms with Crippen molar-refractivity contribution in [3.63, 3.8) is 0 Å². The molecule has 2 heterocycles. The molecule has 0 unspecified atom stereocenters. The summed E-state index contributed by atoms with van der Waals surface area (Å²) in [6.45, 7) is 3.34. The third kappa shape index (κ3) is 3.86. The lowest BCUT2D eigenvalue weighted by atomic mass is 10.1. The van der Waals surface area contributed by atoms with Crippen molar-refractivity contribution in [2.45, 2.75) is 6.54 Å². The summed E-state index contributed by atoms with van der Waals surface area (Å²) in [5.41, 5.74) is 1.15. The van der Waals surface area contributed by atoms with E-state index in [1.807, 2.05) is 18.2 Å². The third-order valence-electron chi connectivity index (χ3n) is 4.01. The molecular formula is C17H16Cl2FN3O. The van der Waals surface area contributed by atoms with Gasteiger partial charge in [0.1, 0.15) is 5.82 Å². The van der Waals surface area contributed by atoms with Crippen LogP contribution in [0.2, 0.25) is 10.0 Å². The van der Waals surface area contributed by atoms with Gasteiger partial charge in [-0.05, 0) is 24.3 Å². The van der Waals surface area contributed by atoms with Crippen LogP contribution in [0.25, 0.3) is 0 Å². The molecule has 0 saturated carbocycles. The Morgan fingerprint density at radius 3 is 2.54 bits per heavy atom. The van der Waals surface area contributed by atoms with Crippen molar-refractivity contribution >= 4 is 29.1 Å². The van der Waals surface area contributed by atoms with Crippen LogP contribution in [0.15, 0.2) is 36.5 Å². The van der Waals surface area contributed by atoms with Crippen molar-refractivity contribution < 1.29 is 9.18 Å². The van der Waals surface area contributed by atoms with Crippen molar-refractivity contribution in [1.29, 1.82) is 0 Å². The molecule has 1 aliphatic rings. The van der Waals surface area contributed by atoms with Crippen LogP contribution in [0.4, 0.5) is 4.39 Å².